The molecule has 0 fully saturated rings. The molecule has 144 valence electrons. The van der Waals surface area contributed by atoms with E-state index in [1.165, 1.54) is 0 Å². The summed E-state index contributed by atoms with van der Waals surface area (Å²) in [5, 5.41) is 0. The number of hydrogen-bond donors (Lipinski definition) is 1. The highest BCUT2D eigenvalue weighted by Gasteiger charge is 2.16. The zero-order valence-electron chi connectivity index (χ0n) is 15.6. The Hall–Kier alpha value is -2.97. The maximum atomic E-state index is 12.6. The first kappa shape index (κ1) is 18.4. The molecule has 0 aliphatic carbocycles. The average molecular weight is 396 g/mol. The Morgan fingerprint density at radius 2 is 1.89 bits per heavy atom. The molecular weight excluding hydrogens is 376 g/mol. The van der Waals surface area contributed by atoms with Gasteiger partial charge in [0.25, 0.3) is 0 Å². The van der Waals surface area contributed by atoms with E-state index in [1.54, 1.807) is 37.4 Å². The molecule has 3 aromatic heterocycles. The van der Waals surface area contributed by atoms with Crippen LogP contribution in [0, 0.1) is 13.8 Å². The van der Waals surface area contributed by atoms with Gasteiger partial charge in [-0.05, 0) is 31.2 Å². The van der Waals surface area contributed by atoms with Crippen molar-refractivity contribution in [1.29, 1.82) is 0 Å². The van der Waals surface area contributed by atoms with Gasteiger partial charge in [-0.2, -0.15) is 0 Å². The molecule has 0 atom stereocenters. The second-order valence-corrected chi connectivity index (χ2v) is 8.25. The minimum atomic E-state index is -3.60. The summed E-state index contributed by atoms with van der Waals surface area (Å²) < 4.78 is 35.2. The summed E-state index contributed by atoms with van der Waals surface area (Å²) in [7, 11) is -3.60. The molecule has 0 unspecified atom stereocenters. The van der Waals surface area contributed by atoms with Gasteiger partial charge in [-0.1, -0.05) is 18.2 Å². The number of nitrogens with one attached hydrogen (secondary N) is 1. The zero-order valence-corrected chi connectivity index (χ0v) is 16.4. The van der Waals surface area contributed by atoms with Gasteiger partial charge in [0, 0.05) is 31.6 Å². The van der Waals surface area contributed by atoms with Crippen LogP contribution in [0.2, 0.25) is 0 Å². The SMILES string of the molecule is Cc1nc(-c2ccc(S(=O)(=O)NCCc3ncc4ccccn34)cc2)c(C)o1. The first-order valence-electron chi connectivity index (χ1n) is 8.89. The standard InChI is InChI=1S/C20H20N4O3S/c1-14-20(23-15(2)27-14)16-6-8-18(9-7-16)28(25,26)22-11-10-19-21-13-17-5-3-4-12-24(17)19/h3-9,12-13,22H,10-11H2,1-2H3. The topological polar surface area (TPSA) is 89.5 Å². The van der Waals surface area contributed by atoms with Crippen molar-refractivity contribution < 1.29 is 12.8 Å². The third-order valence-corrected chi connectivity index (χ3v) is 5.97. The van der Waals surface area contributed by atoms with Gasteiger partial charge in [0.2, 0.25) is 10.0 Å². The molecule has 0 saturated carbocycles. The summed E-state index contributed by atoms with van der Waals surface area (Å²) in [6.07, 6.45) is 4.18. The molecule has 7 nitrogen and oxygen atoms in total. The van der Waals surface area contributed by atoms with Crippen molar-refractivity contribution in [1.82, 2.24) is 19.1 Å². The lowest BCUT2D eigenvalue weighted by Gasteiger charge is -2.07. The van der Waals surface area contributed by atoms with Crippen molar-refractivity contribution in [3.63, 3.8) is 0 Å². The Morgan fingerprint density at radius 3 is 2.61 bits per heavy atom. The number of imidazole rings is 1. The first-order valence-corrected chi connectivity index (χ1v) is 10.4. The fraction of sp³-hybridized carbons (Fsp3) is 0.200. The maximum Gasteiger partial charge on any atom is 0.240 e. The average Bonchev–Trinajstić information content (AvgIpc) is 3.24. The number of rotatable bonds is 6. The van der Waals surface area contributed by atoms with Gasteiger partial charge in [0.15, 0.2) is 5.89 Å². The highest BCUT2D eigenvalue weighted by atomic mass is 32.2. The number of sulfonamides is 1. The van der Waals surface area contributed by atoms with Gasteiger partial charge in [-0.3, -0.25) is 0 Å². The second-order valence-electron chi connectivity index (χ2n) is 6.48. The van der Waals surface area contributed by atoms with E-state index in [-0.39, 0.29) is 11.4 Å². The number of oxazole rings is 1. The molecule has 0 bridgehead atoms. The molecule has 1 N–H and O–H groups in total. The van der Waals surface area contributed by atoms with Gasteiger partial charge in [0.05, 0.1) is 16.6 Å². The number of hydrogen-bond acceptors (Lipinski definition) is 5. The molecule has 4 aromatic rings. The summed E-state index contributed by atoms with van der Waals surface area (Å²) in [4.78, 5) is 8.90. The third-order valence-electron chi connectivity index (χ3n) is 4.50. The second kappa shape index (κ2) is 7.21. The highest BCUT2D eigenvalue weighted by Crippen LogP contribution is 2.24. The van der Waals surface area contributed by atoms with Crippen LogP contribution in [-0.2, 0) is 16.4 Å². The number of benzene rings is 1. The van der Waals surface area contributed by atoms with E-state index < -0.39 is 10.0 Å². The minimum absolute atomic E-state index is 0.210. The van der Waals surface area contributed by atoms with Gasteiger partial charge >= 0.3 is 0 Å². The monoisotopic (exact) mass is 396 g/mol. The van der Waals surface area contributed by atoms with Crippen LogP contribution in [-0.4, -0.2) is 29.3 Å². The number of aromatic nitrogens is 3. The Bertz CT molecular complexity index is 1220. The molecule has 8 heteroatoms. The van der Waals surface area contributed by atoms with E-state index in [2.05, 4.69) is 14.7 Å². The molecule has 3 heterocycles. The van der Waals surface area contributed by atoms with Crippen LogP contribution in [0.15, 0.2) is 64.2 Å². The van der Waals surface area contributed by atoms with Crippen molar-refractivity contribution in [3.8, 4) is 11.3 Å². The molecule has 4 rings (SSSR count). The largest absolute Gasteiger partial charge is 0.446 e. The van der Waals surface area contributed by atoms with Crippen LogP contribution >= 0.6 is 0 Å². The van der Waals surface area contributed by atoms with Gasteiger partial charge in [-0.25, -0.2) is 23.1 Å². The molecule has 0 spiro atoms. The van der Waals surface area contributed by atoms with Gasteiger partial charge < -0.3 is 8.82 Å². The molecule has 0 saturated heterocycles. The van der Waals surface area contributed by atoms with Crippen LogP contribution in [0.3, 0.4) is 0 Å². The van der Waals surface area contributed by atoms with Crippen LogP contribution in [0.4, 0.5) is 0 Å². The summed E-state index contributed by atoms with van der Waals surface area (Å²) in [6.45, 7) is 3.88. The zero-order chi connectivity index (χ0) is 19.7. The molecular formula is C20H20N4O3S. The van der Waals surface area contributed by atoms with E-state index >= 15 is 0 Å². The number of pyridine rings is 1. The van der Waals surface area contributed by atoms with E-state index in [9.17, 15) is 8.42 Å². The summed E-state index contributed by atoms with van der Waals surface area (Å²) in [5.74, 6) is 2.10. The first-order chi connectivity index (χ1) is 13.4. The highest BCUT2D eigenvalue weighted by molar-refractivity contribution is 7.89. The smallest absolute Gasteiger partial charge is 0.240 e. The predicted molar refractivity (Wildman–Crippen MR) is 105 cm³/mol. The van der Waals surface area contributed by atoms with Gasteiger partial charge in [0.1, 0.15) is 17.3 Å². The van der Waals surface area contributed by atoms with Crippen molar-refractivity contribution in [3.05, 3.63) is 72.3 Å². The van der Waals surface area contributed by atoms with Crippen LogP contribution < -0.4 is 4.72 Å². The number of fused-ring (bicyclic) bond motifs is 1. The van der Waals surface area contributed by atoms with E-state index in [4.69, 9.17) is 4.42 Å². The summed E-state index contributed by atoms with van der Waals surface area (Å²) >= 11 is 0. The molecule has 0 radical (unpaired) electrons. The normalized spacial score (nSPS) is 11.9. The third kappa shape index (κ3) is 3.56. The molecule has 28 heavy (non-hydrogen) atoms. The van der Waals surface area contributed by atoms with E-state index in [1.807, 2.05) is 35.7 Å². The van der Waals surface area contributed by atoms with E-state index in [0.717, 1.165) is 22.6 Å². The van der Waals surface area contributed by atoms with Crippen LogP contribution in [0.5, 0.6) is 0 Å². The van der Waals surface area contributed by atoms with E-state index in [0.29, 0.717) is 18.1 Å². The van der Waals surface area contributed by atoms with Crippen molar-refractivity contribution in [2.75, 3.05) is 6.54 Å². The lowest BCUT2D eigenvalue weighted by molar-refractivity contribution is 0.495. The number of nitrogens with zero attached hydrogens (tertiary/aromatic N) is 3. The van der Waals surface area contributed by atoms with Crippen LogP contribution in [0.1, 0.15) is 17.5 Å². The van der Waals surface area contributed by atoms with Crippen molar-refractivity contribution in [2.24, 2.45) is 0 Å². The lowest BCUT2D eigenvalue weighted by Crippen LogP contribution is -2.26. The Kier molecular flexibility index (Phi) is 4.74. The molecule has 1 aromatic carbocycles. The van der Waals surface area contributed by atoms with Gasteiger partial charge in [-0.15, -0.1) is 0 Å². The molecule has 0 aliphatic rings. The molecule has 0 amide bonds. The summed E-state index contributed by atoms with van der Waals surface area (Å²) in [6, 6.07) is 12.4. The quantitative estimate of drug-likeness (QED) is 0.541. The maximum absolute atomic E-state index is 12.6. The minimum Gasteiger partial charge on any atom is -0.446 e. The molecule has 0 aliphatic heterocycles. The number of aryl methyl sites for hydroxylation is 2. The Labute approximate surface area is 163 Å². The Balaban J connectivity index is 1.45. The lowest BCUT2D eigenvalue weighted by atomic mass is 10.1. The van der Waals surface area contributed by atoms with Crippen LogP contribution in [0.25, 0.3) is 16.8 Å². The van der Waals surface area contributed by atoms with Crippen molar-refractivity contribution in [2.45, 2.75) is 25.2 Å². The van der Waals surface area contributed by atoms with Crippen molar-refractivity contribution >= 4 is 15.5 Å². The fourth-order valence-corrected chi connectivity index (χ4v) is 4.19. The summed E-state index contributed by atoms with van der Waals surface area (Å²) in [5.41, 5.74) is 2.52. The Morgan fingerprint density at radius 1 is 1.11 bits per heavy atom. The predicted octanol–water partition coefficient (Wildman–Crippen LogP) is 3.13. The fourth-order valence-electron chi connectivity index (χ4n) is 3.15.